The van der Waals surface area contributed by atoms with Gasteiger partial charge < -0.3 is 5.32 Å². The summed E-state index contributed by atoms with van der Waals surface area (Å²) in [5, 5.41) is 5.89. The zero-order valence-electron chi connectivity index (χ0n) is 16.9. The predicted molar refractivity (Wildman–Crippen MR) is 119 cm³/mol. The van der Waals surface area contributed by atoms with Crippen molar-refractivity contribution in [1.82, 2.24) is 20.2 Å². The average Bonchev–Trinajstić information content (AvgIpc) is 2.74. The highest BCUT2D eigenvalue weighted by atomic mass is 32.2. The van der Waals surface area contributed by atoms with Crippen LogP contribution in [0.1, 0.15) is 19.4 Å². The van der Waals surface area contributed by atoms with Gasteiger partial charge in [0.1, 0.15) is 0 Å². The van der Waals surface area contributed by atoms with E-state index in [1.54, 1.807) is 22.8 Å². The van der Waals surface area contributed by atoms with Crippen LogP contribution in [0.5, 0.6) is 0 Å². The molecule has 3 rings (SSSR count). The Hall–Kier alpha value is -3.13. The van der Waals surface area contributed by atoms with Gasteiger partial charge in [-0.05, 0) is 23.6 Å². The molecule has 1 heterocycles. The third-order valence-electron chi connectivity index (χ3n) is 4.27. The van der Waals surface area contributed by atoms with Crippen LogP contribution in [-0.4, -0.2) is 33.8 Å². The van der Waals surface area contributed by atoms with Crippen LogP contribution in [0.25, 0.3) is 10.9 Å². The van der Waals surface area contributed by atoms with Crippen molar-refractivity contribution >= 4 is 34.6 Å². The Morgan fingerprint density at radius 3 is 2.50 bits per heavy atom. The lowest BCUT2D eigenvalue weighted by atomic mass is 10.2. The molecule has 2 aromatic carbocycles. The lowest BCUT2D eigenvalue weighted by Crippen LogP contribution is -2.41. The molecule has 0 unspecified atom stereocenters. The molecule has 0 aliphatic rings. The fourth-order valence-corrected chi connectivity index (χ4v) is 3.60. The number of carbonyl (C=O) groups excluding carboxylic acids is 2. The van der Waals surface area contributed by atoms with Crippen molar-refractivity contribution in [2.75, 3.05) is 12.3 Å². The molecule has 0 bridgehead atoms. The van der Waals surface area contributed by atoms with Gasteiger partial charge in [-0.2, -0.15) is 0 Å². The maximum atomic E-state index is 13.1. The molecule has 7 nitrogen and oxygen atoms in total. The molecular formula is C22H24N4O3S. The molecule has 0 aliphatic carbocycles. The summed E-state index contributed by atoms with van der Waals surface area (Å²) in [5.41, 5.74) is 1.36. The number of rotatable bonds is 7. The number of carbonyl (C=O) groups is 2. The number of hydrogen-bond acceptors (Lipinski definition) is 5. The van der Waals surface area contributed by atoms with Gasteiger partial charge in [0.15, 0.2) is 5.16 Å². The van der Waals surface area contributed by atoms with Crippen molar-refractivity contribution in [2.45, 2.75) is 25.5 Å². The van der Waals surface area contributed by atoms with Gasteiger partial charge in [0.05, 0.1) is 23.2 Å². The Bertz CT molecular complexity index is 1100. The lowest BCUT2D eigenvalue weighted by molar-refractivity contribution is -0.117. The summed E-state index contributed by atoms with van der Waals surface area (Å²) in [6, 6.07) is 16.2. The van der Waals surface area contributed by atoms with E-state index in [2.05, 4.69) is 15.6 Å². The highest BCUT2D eigenvalue weighted by Gasteiger charge is 2.15. The molecule has 8 heteroatoms. The van der Waals surface area contributed by atoms with Crippen LogP contribution in [0.3, 0.4) is 0 Å². The van der Waals surface area contributed by atoms with Gasteiger partial charge in [-0.25, -0.2) is 9.78 Å². The Labute approximate surface area is 178 Å². The molecule has 0 saturated heterocycles. The summed E-state index contributed by atoms with van der Waals surface area (Å²) in [5.74, 6) is -0.196. The van der Waals surface area contributed by atoms with Crippen LogP contribution in [0.4, 0.5) is 4.79 Å². The number of fused-ring (bicyclic) bond motifs is 1. The first-order valence-electron chi connectivity index (χ1n) is 9.68. The van der Waals surface area contributed by atoms with Gasteiger partial charge in [0.2, 0.25) is 5.91 Å². The van der Waals surface area contributed by atoms with E-state index in [1.807, 2.05) is 50.2 Å². The molecule has 156 valence electrons. The van der Waals surface area contributed by atoms with Crippen molar-refractivity contribution in [3.8, 4) is 0 Å². The number of thioether (sulfide) groups is 1. The number of para-hydroxylation sites is 1. The van der Waals surface area contributed by atoms with Crippen LogP contribution >= 0.6 is 11.8 Å². The second kappa shape index (κ2) is 10.1. The van der Waals surface area contributed by atoms with Crippen LogP contribution in [0, 0.1) is 5.92 Å². The van der Waals surface area contributed by atoms with Crippen molar-refractivity contribution in [1.29, 1.82) is 0 Å². The molecular weight excluding hydrogens is 400 g/mol. The van der Waals surface area contributed by atoms with Gasteiger partial charge in [0.25, 0.3) is 5.56 Å². The molecule has 0 aliphatic heterocycles. The standard InChI is InChI=1S/C22H24N4O3S/c1-15(2)12-23-21(29)25-19(27)14-30-22-24-18-11-7-6-10-17(18)20(28)26(22)13-16-8-4-3-5-9-16/h3-11,15H,12-14H2,1-2H3,(H2,23,25,27,29). The first kappa shape index (κ1) is 21.6. The summed E-state index contributed by atoms with van der Waals surface area (Å²) in [4.78, 5) is 41.6. The molecule has 0 radical (unpaired) electrons. The minimum Gasteiger partial charge on any atom is -0.338 e. The molecule has 0 fully saturated rings. The maximum absolute atomic E-state index is 13.1. The molecule has 2 N–H and O–H groups in total. The van der Waals surface area contributed by atoms with Crippen LogP contribution < -0.4 is 16.2 Å². The Morgan fingerprint density at radius 1 is 1.07 bits per heavy atom. The van der Waals surface area contributed by atoms with E-state index in [-0.39, 0.29) is 17.2 Å². The molecule has 0 atom stereocenters. The van der Waals surface area contributed by atoms with E-state index in [1.165, 1.54) is 0 Å². The number of benzene rings is 2. The second-order valence-electron chi connectivity index (χ2n) is 7.23. The number of hydrogen-bond donors (Lipinski definition) is 2. The number of urea groups is 1. The van der Waals surface area contributed by atoms with Crippen molar-refractivity contribution < 1.29 is 9.59 Å². The highest BCUT2D eigenvalue weighted by Crippen LogP contribution is 2.18. The van der Waals surface area contributed by atoms with Gasteiger partial charge in [-0.3, -0.25) is 19.5 Å². The van der Waals surface area contributed by atoms with Crippen molar-refractivity contribution in [3.05, 3.63) is 70.5 Å². The maximum Gasteiger partial charge on any atom is 0.321 e. The highest BCUT2D eigenvalue weighted by molar-refractivity contribution is 7.99. The minimum atomic E-state index is -0.526. The lowest BCUT2D eigenvalue weighted by Gasteiger charge is -2.13. The molecule has 0 saturated carbocycles. The van der Waals surface area contributed by atoms with E-state index in [9.17, 15) is 14.4 Å². The van der Waals surface area contributed by atoms with E-state index in [0.29, 0.717) is 29.1 Å². The van der Waals surface area contributed by atoms with E-state index < -0.39 is 11.9 Å². The Morgan fingerprint density at radius 2 is 1.77 bits per heavy atom. The summed E-state index contributed by atoms with van der Waals surface area (Å²) < 4.78 is 1.56. The zero-order chi connectivity index (χ0) is 21.5. The van der Waals surface area contributed by atoms with Crippen LogP contribution in [0.2, 0.25) is 0 Å². The predicted octanol–water partition coefficient (Wildman–Crippen LogP) is 3.02. The minimum absolute atomic E-state index is 0.0331. The normalized spacial score (nSPS) is 10.9. The SMILES string of the molecule is CC(C)CNC(=O)NC(=O)CSc1nc2ccccc2c(=O)n1Cc1ccccc1. The number of nitrogens with zero attached hydrogens (tertiary/aromatic N) is 2. The van der Waals surface area contributed by atoms with Crippen molar-refractivity contribution in [3.63, 3.8) is 0 Å². The Balaban J connectivity index is 1.80. The summed E-state index contributed by atoms with van der Waals surface area (Å²) in [6.45, 7) is 4.76. The largest absolute Gasteiger partial charge is 0.338 e. The number of imide groups is 1. The number of nitrogens with one attached hydrogen (secondary N) is 2. The summed E-state index contributed by atoms with van der Waals surface area (Å²) in [6.07, 6.45) is 0. The molecule has 0 spiro atoms. The molecule has 1 aromatic heterocycles. The topological polar surface area (TPSA) is 93.1 Å². The zero-order valence-corrected chi connectivity index (χ0v) is 17.7. The van der Waals surface area contributed by atoms with Gasteiger partial charge in [-0.1, -0.05) is 68.1 Å². The fourth-order valence-electron chi connectivity index (χ4n) is 2.80. The smallest absolute Gasteiger partial charge is 0.321 e. The number of amides is 3. The third-order valence-corrected chi connectivity index (χ3v) is 5.24. The van der Waals surface area contributed by atoms with Crippen molar-refractivity contribution in [2.24, 2.45) is 5.92 Å². The van der Waals surface area contributed by atoms with Gasteiger partial charge in [0, 0.05) is 6.54 Å². The summed E-state index contributed by atoms with van der Waals surface area (Å²) >= 11 is 1.13. The monoisotopic (exact) mass is 424 g/mol. The third kappa shape index (κ3) is 5.70. The van der Waals surface area contributed by atoms with E-state index in [4.69, 9.17) is 0 Å². The number of aromatic nitrogens is 2. The first-order valence-corrected chi connectivity index (χ1v) is 10.7. The van der Waals surface area contributed by atoms with E-state index in [0.717, 1.165) is 17.3 Å². The molecule has 3 aromatic rings. The van der Waals surface area contributed by atoms with Gasteiger partial charge >= 0.3 is 6.03 Å². The van der Waals surface area contributed by atoms with Crippen LogP contribution in [-0.2, 0) is 11.3 Å². The summed E-state index contributed by atoms with van der Waals surface area (Å²) in [7, 11) is 0. The second-order valence-corrected chi connectivity index (χ2v) is 8.17. The average molecular weight is 425 g/mol. The van der Waals surface area contributed by atoms with Gasteiger partial charge in [-0.15, -0.1) is 0 Å². The van der Waals surface area contributed by atoms with E-state index >= 15 is 0 Å². The molecule has 3 amide bonds. The quantitative estimate of drug-likeness (QED) is 0.449. The fraction of sp³-hybridized carbons (Fsp3) is 0.273. The van der Waals surface area contributed by atoms with Crippen LogP contribution in [0.15, 0.2) is 64.5 Å². The Kier molecular flexibility index (Phi) is 7.24. The first-order chi connectivity index (χ1) is 14.4. The molecule has 30 heavy (non-hydrogen) atoms.